The minimum absolute atomic E-state index is 0.0222. The van der Waals surface area contributed by atoms with Crippen LogP contribution in [0, 0.1) is 5.82 Å². The van der Waals surface area contributed by atoms with Gasteiger partial charge in [-0.05, 0) is 44.0 Å². The predicted molar refractivity (Wildman–Crippen MR) is 85.2 cm³/mol. The molecular formula is C16H15ClFN3O2. The van der Waals surface area contributed by atoms with Crippen molar-refractivity contribution >= 4 is 23.2 Å². The summed E-state index contributed by atoms with van der Waals surface area (Å²) < 4.78 is 14.6. The maximum Gasteiger partial charge on any atom is 0.267 e. The molecule has 7 heteroatoms. The molecule has 5 nitrogen and oxygen atoms in total. The molecule has 1 atom stereocenters. The quantitative estimate of drug-likeness (QED) is 0.933. The zero-order valence-electron chi connectivity index (χ0n) is 12.4. The average molecular weight is 336 g/mol. The fraction of sp³-hybridized carbons (Fsp3) is 0.312. The van der Waals surface area contributed by atoms with Gasteiger partial charge in [-0.25, -0.2) is 9.07 Å². The molecule has 1 aromatic carbocycles. The smallest absolute Gasteiger partial charge is 0.267 e. The standard InChI is InChI=1S/C16H15ClFN3O2/c1-9(16(23)19-11-4-5-12(17)13(18)8-11)21-15(22)7-6-14(20-21)10-2-3-10/h4-10H,2-3H2,1H3,(H,19,23). The second kappa shape index (κ2) is 6.12. The fourth-order valence-corrected chi connectivity index (χ4v) is 2.36. The summed E-state index contributed by atoms with van der Waals surface area (Å²) in [7, 11) is 0. The maximum absolute atomic E-state index is 13.4. The van der Waals surface area contributed by atoms with Crippen LogP contribution in [0.5, 0.6) is 0 Å². The third-order valence-electron chi connectivity index (χ3n) is 3.77. The molecule has 0 radical (unpaired) electrons. The summed E-state index contributed by atoms with van der Waals surface area (Å²) in [5, 5.41) is 6.82. The number of halogens is 2. The zero-order valence-corrected chi connectivity index (χ0v) is 13.2. The van der Waals surface area contributed by atoms with Crippen LogP contribution in [-0.2, 0) is 4.79 Å². The Morgan fingerprint density at radius 3 is 2.78 bits per heavy atom. The first-order chi connectivity index (χ1) is 11.0. The Kier molecular flexibility index (Phi) is 4.17. The summed E-state index contributed by atoms with van der Waals surface area (Å²) in [5.41, 5.74) is 0.747. The third kappa shape index (κ3) is 3.42. The van der Waals surface area contributed by atoms with Crippen LogP contribution < -0.4 is 10.9 Å². The largest absolute Gasteiger partial charge is 0.324 e. The van der Waals surface area contributed by atoms with Crippen molar-refractivity contribution in [2.24, 2.45) is 0 Å². The van der Waals surface area contributed by atoms with Crippen molar-refractivity contribution in [1.29, 1.82) is 0 Å². The number of anilines is 1. The molecule has 0 saturated heterocycles. The average Bonchev–Trinajstić information content (AvgIpc) is 3.35. The molecule has 23 heavy (non-hydrogen) atoms. The molecule has 1 fully saturated rings. The van der Waals surface area contributed by atoms with E-state index >= 15 is 0 Å². The molecule has 1 saturated carbocycles. The van der Waals surface area contributed by atoms with E-state index in [4.69, 9.17) is 11.6 Å². The molecule has 0 spiro atoms. The Labute approximate surface area is 137 Å². The number of hydrogen-bond acceptors (Lipinski definition) is 3. The second-order valence-electron chi connectivity index (χ2n) is 5.61. The Morgan fingerprint density at radius 2 is 2.13 bits per heavy atom. The molecule has 1 aliphatic rings. The number of carbonyl (C=O) groups excluding carboxylic acids is 1. The lowest BCUT2D eigenvalue weighted by Crippen LogP contribution is -2.33. The van der Waals surface area contributed by atoms with Crippen molar-refractivity contribution in [3.63, 3.8) is 0 Å². The molecule has 1 aromatic heterocycles. The van der Waals surface area contributed by atoms with E-state index in [-0.39, 0.29) is 16.3 Å². The highest BCUT2D eigenvalue weighted by molar-refractivity contribution is 6.30. The van der Waals surface area contributed by atoms with Gasteiger partial charge in [0.1, 0.15) is 11.9 Å². The highest BCUT2D eigenvalue weighted by atomic mass is 35.5. The van der Waals surface area contributed by atoms with Crippen LogP contribution in [0.15, 0.2) is 35.1 Å². The minimum atomic E-state index is -0.806. The number of rotatable bonds is 4. The van der Waals surface area contributed by atoms with E-state index in [2.05, 4.69) is 10.4 Å². The third-order valence-corrected chi connectivity index (χ3v) is 4.08. The summed E-state index contributed by atoms with van der Waals surface area (Å²) in [6.45, 7) is 1.58. The van der Waals surface area contributed by atoms with Gasteiger partial charge >= 0.3 is 0 Å². The maximum atomic E-state index is 13.4. The van der Waals surface area contributed by atoms with Gasteiger partial charge in [-0.2, -0.15) is 5.10 Å². The molecule has 2 aromatic rings. The van der Waals surface area contributed by atoms with Gasteiger partial charge in [-0.1, -0.05) is 11.6 Å². The molecule has 0 bridgehead atoms. The van der Waals surface area contributed by atoms with Crippen molar-refractivity contribution in [2.75, 3.05) is 5.32 Å². The number of amides is 1. The van der Waals surface area contributed by atoms with Crippen molar-refractivity contribution in [1.82, 2.24) is 9.78 Å². The Morgan fingerprint density at radius 1 is 1.39 bits per heavy atom. The summed E-state index contributed by atoms with van der Waals surface area (Å²) in [5.74, 6) is -0.695. The van der Waals surface area contributed by atoms with Crippen molar-refractivity contribution in [3.8, 4) is 0 Å². The van der Waals surface area contributed by atoms with Gasteiger partial charge in [0, 0.05) is 17.7 Å². The lowest BCUT2D eigenvalue weighted by atomic mass is 10.2. The van der Waals surface area contributed by atoms with Crippen LogP contribution in [0.25, 0.3) is 0 Å². The summed E-state index contributed by atoms with van der Waals surface area (Å²) in [4.78, 5) is 24.2. The zero-order chi connectivity index (χ0) is 16.6. The normalized spacial score (nSPS) is 15.3. The Hall–Kier alpha value is -2.21. The molecule has 1 heterocycles. The van der Waals surface area contributed by atoms with Crippen molar-refractivity contribution in [2.45, 2.75) is 31.7 Å². The predicted octanol–water partition coefficient (Wildman–Crippen LogP) is 3.11. The van der Waals surface area contributed by atoms with E-state index in [9.17, 15) is 14.0 Å². The van der Waals surface area contributed by atoms with Crippen molar-refractivity contribution < 1.29 is 9.18 Å². The second-order valence-corrected chi connectivity index (χ2v) is 6.02. The van der Waals surface area contributed by atoms with Crippen LogP contribution in [0.4, 0.5) is 10.1 Å². The van der Waals surface area contributed by atoms with Gasteiger partial charge in [-0.15, -0.1) is 0 Å². The topological polar surface area (TPSA) is 64.0 Å². The van der Waals surface area contributed by atoms with Crippen LogP contribution >= 0.6 is 11.6 Å². The molecule has 1 N–H and O–H groups in total. The monoisotopic (exact) mass is 335 g/mol. The van der Waals surface area contributed by atoms with Gasteiger partial charge in [0.05, 0.1) is 10.7 Å². The number of hydrogen-bond donors (Lipinski definition) is 1. The van der Waals surface area contributed by atoms with Crippen LogP contribution in [-0.4, -0.2) is 15.7 Å². The van der Waals surface area contributed by atoms with E-state index in [0.29, 0.717) is 5.92 Å². The van der Waals surface area contributed by atoms with E-state index in [0.717, 1.165) is 29.3 Å². The molecular weight excluding hydrogens is 321 g/mol. The number of benzene rings is 1. The number of nitrogens with one attached hydrogen (secondary N) is 1. The fourth-order valence-electron chi connectivity index (χ4n) is 2.25. The summed E-state index contributed by atoms with van der Waals surface area (Å²) in [6.07, 6.45) is 2.10. The molecule has 3 rings (SSSR count). The lowest BCUT2D eigenvalue weighted by Gasteiger charge is -2.15. The SMILES string of the molecule is CC(C(=O)Nc1ccc(Cl)c(F)c1)n1nc(C2CC2)ccc1=O. The van der Waals surface area contributed by atoms with Crippen LogP contribution in [0.1, 0.15) is 37.4 Å². The lowest BCUT2D eigenvalue weighted by molar-refractivity contribution is -0.119. The van der Waals surface area contributed by atoms with Crippen LogP contribution in [0.2, 0.25) is 5.02 Å². The van der Waals surface area contributed by atoms with Gasteiger partial charge in [0.15, 0.2) is 0 Å². The first-order valence-corrected chi connectivity index (χ1v) is 7.69. The van der Waals surface area contributed by atoms with Gasteiger partial charge in [0.2, 0.25) is 5.91 Å². The number of nitrogens with zero attached hydrogens (tertiary/aromatic N) is 2. The first kappa shape index (κ1) is 15.7. The Balaban J connectivity index is 1.80. The van der Waals surface area contributed by atoms with E-state index < -0.39 is 17.8 Å². The van der Waals surface area contributed by atoms with Crippen molar-refractivity contribution in [3.05, 3.63) is 57.2 Å². The van der Waals surface area contributed by atoms with Gasteiger partial charge < -0.3 is 5.32 Å². The van der Waals surface area contributed by atoms with E-state index in [1.54, 1.807) is 13.0 Å². The first-order valence-electron chi connectivity index (χ1n) is 7.31. The molecule has 1 unspecified atom stereocenters. The summed E-state index contributed by atoms with van der Waals surface area (Å²) >= 11 is 5.61. The highest BCUT2D eigenvalue weighted by Crippen LogP contribution is 2.38. The number of aromatic nitrogens is 2. The summed E-state index contributed by atoms with van der Waals surface area (Å²) in [6, 6.07) is 6.30. The van der Waals surface area contributed by atoms with E-state index in [1.807, 2.05) is 0 Å². The molecule has 1 aliphatic carbocycles. The van der Waals surface area contributed by atoms with Gasteiger partial charge in [-0.3, -0.25) is 9.59 Å². The minimum Gasteiger partial charge on any atom is -0.324 e. The van der Waals surface area contributed by atoms with Crippen LogP contribution in [0.3, 0.4) is 0 Å². The van der Waals surface area contributed by atoms with E-state index in [1.165, 1.54) is 18.2 Å². The molecule has 0 aliphatic heterocycles. The molecule has 120 valence electrons. The molecule has 1 amide bonds. The highest BCUT2D eigenvalue weighted by Gasteiger charge is 2.27. The van der Waals surface area contributed by atoms with Gasteiger partial charge in [0.25, 0.3) is 5.56 Å². The Bertz CT molecular complexity index is 817. The number of carbonyl (C=O) groups is 1.